The molecule has 0 saturated heterocycles. The first kappa shape index (κ1) is 16.2. The highest BCUT2D eigenvalue weighted by Crippen LogP contribution is 2.18. The summed E-state index contributed by atoms with van der Waals surface area (Å²) in [4.78, 5) is 4.46. The first-order valence-corrected chi connectivity index (χ1v) is 6.49. The molecule has 2 N–H and O–H groups in total. The number of guanidine groups is 1. The number of hydrogen-bond acceptors (Lipinski definition) is 1. The van der Waals surface area contributed by atoms with Gasteiger partial charge in [-0.25, -0.2) is 9.38 Å². The molecule has 0 heterocycles. The van der Waals surface area contributed by atoms with Gasteiger partial charge in [0.25, 0.3) is 0 Å². The summed E-state index contributed by atoms with van der Waals surface area (Å²) < 4.78 is 13.4. The monoisotopic (exact) mass is 377 g/mol. The fourth-order valence-electron chi connectivity index (χ4n) is 1.65. The topological polar surface area (TPSA) is 36.4 Å². The van der Waals surface area contributed by atoms with Crippen LogP contribution in [0.15, 0.2) is 23.2 Å². The number of nitrogens with one attached hydrogen (secondary N) is 2. The largest absolute Gasteiger partial charge is 0.357 e. The van der Waals surface area contributed by atoms with Crippen LogP contribution in [0.25, 0.3) is 0 Å². The molecule has 0 spiro atoms. The van der Waals surface area contributed by atoms with Crippen LogP contribution in [0, 0.1) is 12.7 Å². The highest BCUT2D eigenvalue weighted by Gasteiger charge is 2.21. The Morgan fingerprint density at radius 3 is 2.74 bits per heavy atom. The molecule has 1 saturated carbocycles. The summed E-state index contributed by atoms with van der Waals surface area (Å²) in [6.45, 7) is 5.14. The van der Waals surface area contributed by atoms with Crippen molar-refractivity contribution >= 4 is 29.9 Å². The Morgan fingerprint density at radius 2 is 2.16 bits per heavy atom. The van der Waals surface area contributed by atoms with Gasteiger partial charge in [-0.05, 0) is 43.9 Å². The van der Waals surface area contributed by atoms with Gasteiger partial charge in [-0.3, -0.25) is 0 Å². The molecule has 0 amide bonds. The van der Waals surface area contributed by atoms with Crippen LogP contribution in [-0.2, 0) is 6.54 Å². The SMILES string of the molecule is CCNC(=NCc1ccc(C)c(F)c1)NC1CC1.I. The van der Waals surface area contributed by atoms with Gasteiger partial charge in [0, 0.05) is 12.6 Å². The molecule has 1 aliphatic carbocycles. The zero-order valence-electron chi connectivity index (χ0n) is 11.4. The van der Waals surface area contributed by atoms with Gasteiger partial charge in [0.15, 0.2) is 5.96 Å². The lowest BCUT2D eigenvalue weighted by Crippen LogP contribution is -2.38. The number of aliphatic imine (C=N–C) groups is 1. The summed E-state index contributed by atoms with van der Waals surface area (Å²) in [7, 11) is 0. The van der Waals surface area contributed by atoms with E-state index in [4.69, 9.17) is 0 Å². The minimum atomic E-state index is -0.164. The van der Waals surface area contributed by atoms with E-state index in [1.165, 1.54) is 12.8 Å². The van der Waals surface area contributed by atoms with Crippen molar-refractivity contribution < 1.29 is 4.39 Å². The van der Waals surface area contributed by atoms with Crippen LogP contribution in [0.4, 0.5) is 4.39 Å². The zero-order valence-corrected chi connectivity index (χ0v) is 13.7. The standard InChI is InChI=1S/C14H20FN3.HI/c1-3-16-14(18-12-6-7-12)17-9-11-5-4-10(2)13(15)8-11;/h4-5,8,12H,3,6-7,9H2,1-2H3,(H2,16,17,18);1H. The molecule has 1 fully saturated rings. The number of rotatable bonds is 4. The second-order valence-corrected chi connectivity index (χ2v) is 4.70. The minimum Gasteiger partial charge on any atom is -0.357 e. The van der Waals surface area contributed by atoms with Crippen molar-refractivity contribution in [2.75, 3.05) is 6.54 Å². The lowest BCUT2D eigenvalue weighted by Gasteiger charge is -2.10. The van der Waals surface area contributed by atoms with E-state index in [0.29, 0.717) is 18.2 Å². The third-order valence-electron chi connectivity index (χ3n) is 2.92. The summed E-state index contributed by atoms with van der Waals surface area (Å²) in [5.74, 6) is 0.656. The van der Waals surface area contributed by atoms with E-state index < -0.39 is 0 Å². The number of aryl methyl sites for hydroxylation is 1. The maximum Gasteiger partial charge on any atom is 0.191 e. The highest BCUT2D eigenvalue weighted by molar-refractivity contribution is 14.0. The van der Waals surface area contributed by atoms with Crippen LogP contribution in [0.3, 0.4) is 0 Å². The molecule has 0 aromatic heterocycles. The van der Waals surface area contributed by atoms with E-state index in [1.54, 1.807) is 19.1 Å². The van der Waals surface area contributed by atoms with Gasteiger partial charge in [0.1, 0.15) is 5.82 Å². The summed E-state index contributed by atoms with van der Waals surface area (Å²) >= 11 is 0. The van der Waals surface area contributed by atoms with E-state index in [-0.39, 0.29) is 29.8 Å². The van der Waals surface area contributed by atoms with Gasteiger partial charge >= 0.3 is 0 Å². The Balaban J connectivity index is 0.00000180. The lowest BCUT2D eigenvalue weighted by atomic mass is 10.1. The Hall–Kier alpha value is -0.850. The summed E-state index contributed by atoms with van der Waals surface area (Å²) in [5.41, 5.74) is 1.57. The second-order valence-electron chi connectivity index (χ2n) is 4.70. The molecule has 19 heavy (non-hydrogen) atoms. The number of hydrogen-bond donors (Lipinski definition) is 2. The lowest BCUT2D eigenvalue weighted by molar-refractivity contribution is 0.616. The Bertz CT molecular complexity index is 444. The fourth-order valence-corrected chi connectivity index (χ4v) is 1.65. The van der Waals surface area contributed by atoms with Crippen molar-refractivity contribution in [1.29, 1.82) is 0 Å². The van der Waals surface area contributed by atoms with E-state index >= 15 is 0 Å². The van der Waals surface area contributed by atoms with Gasteiger partial charge in [-0.1, -0.05) is 12.1 Å². The quantitative estimate of drug-likeness (QED) is 0.481. The fraction of sp³-hybridized carbons (Fsp3) is 0.500. The summed E-state index contributed by atoms with van der Waals surface area (Å²) in [6, 6.07) is 5.83. The molecule has 5 heteroatoms. The van der Waals surface area contributed by atoms with Crippen LogP contribution < -0.4 is 10.6 Å². The van der Waals surface area contributed by atoms with Gasteiger partial charge in [-0.2, -0.15) is 0 Å². The summed E-state index contributed by atoms with van der Waals surface area (Å²) in [6.07, 6.45) is 2.42. The molecule has 106 valence electrons. The molecule has 1 aromatic rings. The molecule has 0 aliphatic heterocycles. The third kappa shape index (κ3) is 5.34. The molecule has 0 unspecified atom stereocenters. The minimum absolute atomic E-state index is 0. The number of nitrogens with zero attached hydrogens (tertiary/aromatic N) is 1. The van der Waals surface area contributed by atoms with Gasteiger partial charge in [0.05, 0.1) is 6.54 Å². The predicted octanol–water partition coefficient (Wildman–Crippen LogP) is 2.97. The van der Waals surface area contributed by atoms with Crippen LogP contribution in [0.2, 0.25) is 0 Å². The van der Waals surface area contributed by atoms with Crippen molar-refractivity contribution in [2.45, 2.75) is 39.3 Å². The average Bonchev–Trinajstić information content (AvgIpc) is 3.14. The maximum atomic E-state index is 13.4. The van der Waals surface area contributed by atoms with E-state index in [9.17, 15) is 4.39 Å². The van der Waals surface area contributed by atoms with Gasteiger partial charge in [-0.15, -0.1) is 24.0 Å². The van der Waals surface area contributed by atoms with Crippen molar-refractivity contribution in [1.82, 2.24) is 10.6 Å². The Kier molecular flexibility index (Phi) is 6.54. The second kappa shape index (κ2) is 7.67. The predicted molar refractivity (Wildman–Crippen MR) is 87.5 cm³/mol. The highest BCUT2D eigenvalue weighted by atomic mass is 127. The van der Waals surface area contributed by atoms with Crippen LogP contribution in [-0.4, -0.2) is 18.5 Å². The molecular weight excluding hydrogens is 356 g/mol. The molecule has 1 aromatic carbocycles. The molecule has 0 bridgehead atoms. The van der Waals surface area contributed by atoms with E-state index in [1.807, 2.05) is 13.0 Å². The molecular formula is C14H21FIN3. The van der Waals surface area contributed by atoms with Gasteiger partial charge in [0.2, 0.25) is 0 Å². The zero-order chi connectivity index (χ0) is 13.0. The van der Waals surface area contributed by atoms with Crippen LogP contribution in [0.1, 0.15) is 30.9 Å². The van der Waals surface area contributed by atoms with Crippen molar-refractivity contribution in [3.05, 3.63) is 35.1 Å². The molecule has 0 radical (unpaired) electrons. The van der Waals surface area contributed by atoms with Crippen LogP contribution >= 0.6 is 24.0 Å². The number of benzene rings is 1. The Labute approximate surface area is 131 Å². The van der Waals surface area contributed by atoms with Crippen molar-refractivity contribution in [3.8, 4) is 0 Å². The molecule has 0 atom stereocenters. The van der Waals surface area contributed by atoms with Crippen LogP contribution in [0.5, 0.6) is 0 Å². The first-order chi connectivity index (χ1) is 8.69. The molecule has 1 aliphatic rings. The van der Waals surface area contributed by atoms with Crippen molar-refractivity contribution in [3.63, 3.8) is 0 Å². The number of halogens is 2. The first-order valence-electron chi connectivity index (χ1n) is 6.49. The molecule has 3 nitrogen and oxygen atoms in total. The third-order valence-corrected chi connectivity index (χ3v) is 2.92. The smallest absolute Gasteiger partial charge is 0.191 e. The molecule has 2 rings (SSSR count). The van der Waals surface area contributed by atoms with Crippen molar-refractivity contribution in [2.24, 2.45) is 4.99 Å². The maximum absolute atomic E-state index is 13.4. The van der Waals surface area contributed by atoms with Gasteiger partial charge < -0.3 is 10.6 Å². The Morgan fingerprint density at radius 1 is 1.42 bits per heavy atom. The normalized spacial score (nSPS) is 14.8. The van der Waals surface area contributed by atoms with E-state index in [0.717, 1.165) is 18.1 Å². The average molecular weight is 377 g/mol. The van der Waals surface area contributed by atoms with E-state index in [2.05, 4.69) is 15.6 Å². The summed E-state index contributed by atoms with van der Waals surface area (Å²) in [5, 5.41) is 6.53.